The number of anilines is 2. The lowest BCUT2D eigenvalue weighted by atomic mass is 10.1. The summed E-state index contributed by atoms with van der Waals surface area (Å²) in [5, 5.41) is 0. The van der Waals surface area contributed by atoms with Gasteiger partial charge in [0.2, 0.25) is 0 Å². The molecule has 0 atom stereocenters. The Bertz CT molecular complexity index is 530. The van der Waals surface area contributed by atoms with Crippen molar-refractivity contribution in [3.8, 4) is 0 Å². The summed E-state index contributed by atoms with van der Waals surface area (Å²) in [5.41, 5.74) is 7.88. The van der Waals surface area contributed by atoms with Crippen LogP contribution in [0, 0.1) is 0 Å². The molecule has 94 valence electrons. The van der Waals surface area contributed by atoms with Crippen molar-refractivity contribution in [1.82, 2.24) is 9.97 Å². The molecule has 18 heavy (non-hydrogen) atoms. The zero-order valence-corrected chi connectivity index (χ0v) is 11.8. The van der Waals surface area contributed by atoms with Crippen molar-refractivity contribution in [2.45, 2.75) is 13.5 Å². The summed E-state index contributed by atoms with van der Waals surface area (Å²) in [5.74, 6) is 0.885. The number of hydrogen-bond donors (Lipinski definition) is 1. The van der Waals surface area contributed by atoms with Gasteiger partial charge in [-0.05, 0) is 34.5 Å². The van der Waals surface area contributed by atoms with Crippen LogP contribution in [0.15, 0.2) is 41.3 Å². The summed E-state index contributed by atoms with van der Waals surface area (Å²) in [6.45, 7) is 3.68. The number of aromatic nitrogens is 2. The van der Waals surface area contributed by atoms with Crippen molar-refractivity contribution in [2.75, 3.05) is 17.2 Å². The molecule has 4 nitrogen and oxygen atoms in total. The van der Waals surface area contributed by atoms with E-state index in [1.165, 1.54) is 0 Å². The molecule has 0 aliphatic heterocycles. The monoisotopic (exact) mass is 306 g/mol. The highest BCUT2D eigenvalue weighted by Crippen LogP contribution is 2.24. The van der Waals surface area contributed by atoms with E-state index in [0.717, 1.165) is 34.6 Å². The second-order valence-electron chi connectivity index (χ2n) is 3.91. The van der Waals surface area contributed by atoms with E-state index in [-0.39, 0.29) is 0 Å². The largest absolute Gasteiger partial charge is 0.398 e. The molecule has 0 saturated heterocycles. The summed E-state index contributed by atoms with van der Waals surface area (Å²) < 4.78 is 0.890. The van der Waals surface area contributed by atoms with Crippen LogP contribution in [0.1, 0.15) is 12.5 Å². The summed E-state index contributed by atoms with van der Waals surface area (Å²) in [7, 11) is 0. The summed E-state index contributed by atoms with van der Waals surface area (Å²) in [4.78, 5) is 10.4. The Labute approximate surface area is 115 Å². The molecule has 0 aliphatic rings. The Morgan fingerprint density at radius 3 is 2.78 bits per heavy atom. The third-order valence-electron chi connectivity index (χ3n) is 2.75. The number of halogens is 1. The van der Waals surface area contributed by atoms with Gasteiger partial charge in [0, 0.05) is 25.0 Å². The molecule has 0 bridgehead atoms. The van der Waals surface area contributed by atoms with Crippen LogP contribution >= 0.6 is 15.9 Å². The predicted octanol–water partition coefficient (Wildman–Crippen LogP) is 2.85. The summed E-state index contributed by atoms with van der Waals surface area (Å²) >= 11 is 3.47. The van der Waals surface area contributed by atoms with Crippen LogP contribution in [0.5, 0.6) is 0 Å². The molecule has 0 amide bonds. The van der Waals surface area contributed by atoms with Crippen LogP contribution < -0.4 is 10.6 Å². The second kappa shape index (κ2) is 5.82. The van der Waals surface area contributed by atoms with E-state index >= 15 is 0 Å². The first-order valence-corrected chi connectivity index (χ1v) is 6.55. The third-order valence-corrected chi connectivity index (χ3v) is 3.31. The van der Waals surface area contributed by atoms with Crippen molar-refractivity contribution in [1.29, 1.82) is 0 Å². The maximum atomic E-state index is 5.97. The van der Waals surface area contributed by atoms with Crippen molar-refractivity contribution in [3.05, 3.63) is 46.8 Å². The average Bonchev–Trinajstić information content (AvgIpc) is 2.39. The Balaban J connectivity index is 2.26. The Morgan fingerprint density at radius 2 is 2.11 bits per heavy atom. The first-order chi connectivity index (χ1) is 8.72. The number of hydrogen-bond acceptors (Lipinski definition) is 4. The molecule has 0 radical (unpaired) electrons. The smallest absolute Gasteiger partial charge is 0.146 e. The van der Waals surface area contributed by atoms with Crippen LogP contribution in [0.4, 0.5) is 11.5 Å². The first-order valence-electron chi connectivity index (χ1n) is 5.76. The van der Waals surface area contributed by atoms with Gasteiger partial charge in [0.1, 0.15) is 12.1 Å². The van der Waals surface area contributed by atoms with Gasteiger partial charge < -0.3 is 10.6 Å². The highest BCUT2D eigenvalue weighted by atomic mass is 79.9. The van der Waals surface area contributed by atoms with E-state index < -0.39 is 0 Å². The molecule has 0 spiro atoms. The Morgan fingerprint density at radius 1 is 1.33 bits per heavy atom. The first kappa shape index (κ1) is 12.8. The summed E-state index contributed by atoms with van der Waals surface area (Å²) in [6.07, 6.45) is 3.30. The van der Waals surface area contributed by atoms with Gasteiger partial charge in [-0.15, -0.1) is 0 Å². The maximum absolute atomic E-state index is 5.97. The minimum absolute atomic E-state index is 0.735. The van der Waals surface area contributed by atoms with Gasteiger partial charge in [0.05, 0.1) is 4.47 Å². The number of para-hydroxylation sites is 1. The number of benzene rings is 1. The minimum atomic E-state index is 0.735. The standard InChI is InChI=1S/C13H15BrN4/c1-2-18(13-11(14)7-16-9-17-13)8-10-5-3-4-6-12(10)15/h3-7,9H,2,8,15H2,1H3. The molecule has 0 aliphatic carbocycles. The molecule has 2 aromatic rings. The average molecular weight is 307 g/mol. The van der Waals surface area contributed by atoms with Crippen molar-refractivity contribution in [2.24, 2.45) is 0 Å². The molecule has 2 rings (SSSR count). The van der Waals surface area contributed by atoms with Crippen molar-refractivity contribution >= 4 is 27.4 Å². The van der Waals surface area contributed by atoms with Gasteiger partial charge in [-0.25, -0.2) is 9.97 Å². The van der Waals surface area contributed by atoms with Crippen LogP contribution in [0.25, 0.3) is 0 Å². The van der Waals surface area contributed by atoms with Gasteiger partial charge in [0.15, 0.2) is 0 Å². The van der Waals surface area contributed by atoms with Gasteiger partial charge in [-0.3, -0.25) is 0 Å². The van der Waals surface area contributed by atoms with Crippen molar-refractivity contribution < 1.29 is 0 Å². The molecule has 0 unspecified atom stereocenters. The normalized spacial score (nSPS) is 10.3. The molecule has 0 fully saturated rings. The molecule has 1 heterocycles. The topological polar surface area (TPSA) is 55.0 Å². The lowest BCUT2D eigenvalue weighted by Gasteiger charge is -2.23. The Kier molecular flexibility index (Phi) is 4.15. The van der Waals surface area contributed by atoms with Crippen LogP contribution in [-0.4, -0.2) is 16.5 Å². The van der Waals surface area contributed by atoms with Gasteiger partial charge in [-0.2, -0.15) is 0 Å². The van der Waals surface area contributed by atoms with Crippen LogP contribution in [0.3, 0.4) is 0 Å². The van der Waals surface area contributed by atoms with E-state index in [2.05, 4.69) is 37.7 Å². The molecule has 1 aromatic carbocycles. The predicted molar refractivity (Wildman–Crippen MR) is 77.3 cm³/mol. The maximum Gasteiger partial charge on any atom is 0.146 e. The van der Waals surface area contributed by atoms with E-state index in [4.69, 9.17) is 5.73 Å². The zero-order chi connectivity index (χ0) is 13.0. The minimum Gasteiger partial charge on any atom is -0.398 e. The Hall–Kier alpha value is -1.62. The fraction of sp³-hybridized carbons (Fsp3) is 0.231. The molecule has 2 N–H and O–H groups in total. The number of nitrogens with zero attached hydrogens (tertiary/aromatic N) is 3. The van der Waals surface area contributed by atoms with Gasteiger partial charge >= 0.3 is 0 Å². The number of nitrogens with two attached hydrogens (primary N) is 1. The van der Waals surface area contributed by atoms with Crippen LogP contribution in [0.2, 0.25) is 0 Å². The third kappa shape index (κ3) is 2.79. The lowest BCUT2D eigenvalue weighted by Crippen LogP contribution is -2.24. The van der Waals surface area contributed by atoms with E-state index in [9.17, 15) is 0 Å². The lowest BCUT2D eigenvalue weighted by molar-refractivity contribution is 0.808. The molecular weight excluding hydrogens is 292 g/mol. The molecule has 5 heteroatoms. The quantitative estimate of drug-likeness (QED) is 0.883. The van der Waals surface area contributed by atoms with Crippen LogP contribution in [-0.2, 0) is 6.54 Å². The number of nitrogen functional groups attached to an aromatic ring is 1. The van der Waals surface area contributed by atoms with E-state index in [0.29, 0.717) is 0 Å². The zero-order valence-electron chi connectivity index (χ0n) is 10.2. The SMILES string of the molecule is CCN(Cc1ccccc1N)c1ncncc1Br. The molecule has 1 aromatic heterocycles. The van der Waals surface area contributed by atoms with Gasteiger partial charge in [0.25, 0.3) is 0 Å². The fourth-order valence-corrected chi connectivity index (χ4v) is 2.23. The fourth-order valence-electron chi connectivity index (χ4n) is 1.76. The highest BCUT2D eigenvalue weighted by Gasteiger charge is 2.11. The number of rotatable bonds is 4. The molecular formula is C13H15BrN4. The second-order valence-corrected chi connectivity index (χ2v) is 4.76. The van der Waals surface area contributed by atoms with Crippen molar-refractivity contribution in [3.63, 3.8) is 0 Å². The van der Waals surface area contributed by atoms with E-state index in [1.807, 2.05) is 24.3 Å². The van der Waals surface area contributed by atoms with E-state index in [1.54, 1.807) is 12.5 Å². The molecule has 0 saturated carbocycles. The highest BCUT2D eigenvalue weighted by molar-refractivity contribution is 9.10. The van der Waals surface area contributed by atoms with Gasteiger partial charge in [-0.1, -0.05) is 18.2 Å². The summed E-state index contributed by atoms with van der Waals surface area (Å²) in [6, 6.07) is 7.88.